The van der Waals surface area contributed by atoms with Crippen molar-refractivity contribution in [2.75, 3.05) is 16.8 Å². The topological polar surface area (TPSA) is 107 Å². The summed E-state index contributed by atoms with van der Waals surface area (Å²) in [5.74, 6) is 0.754. The second-order valence-electron chi connectivity index (χ2n) is 9.05. The molecule has 0 bridgehead atoms. The standard InChI is InChI=1S/C25H26N4O4S/c1-15(2)17-6-8-18(9-7-17)26-25(30)20-13-21(22-5-4-11-33-22)27-24-23(20)16(3)28-29(24)19-10-12-34(31,32)14-19/h4-9,11,13,15,19H,10,12,14H2,1-3H3,(H,26,30)/t19-/m0/s1. The zero-order valence-corrected chi connectivity index (χ0v) is 20.1. The zero-order valence-electron chi connectivity index (χ0n) is 19.3. The molecule has 9 heteroatoms. The first kappa shape index (κ1) is 22.3. The van der Waals surface area contributed by atoms with Gasteiger partial charge in [0.1, 0.15) is 5.69 Å². The highest BCUT2D eigenvalue weighted by atomic mass is 32.2. The number of amides is 1. The molecule has 1 atom stereocenters. The van der Waals surface area contributed by atoms with Gasteiger partial charge >= 0.3 is 0 Å². The van der Waals surface area contributed by atoms with Crippen LogP contribution in [0, 0.1) is 6.92 Å². The minimum Gasteiger partial charge on any atom is -0.463 e. The highest BCUT2D eigenvalue weighted by molar-refractivity contribution is 7.91. The highest BCUT2D eigenvalue weighted by Crippen LogP contribution is 2.32. The molecule has 0 aliphatic carbocycles. The molecule has 1 aliphatic rings. The molecule has 3 aromatic heterocycles. The van der Waals surface area contributed by atoms with Crippen molar-refractivity contribution in [3.05, 3.63) is 65.5 Å². The Morgan fingerprint density at radius 3 is 2.59 bits per heavy atom. The van der Waals surface area contributed by atoms with Crippen molar-refractivity contribution < 1.29 is 17.6 Å². The number of fused-ring (bicyclic) bond motifs is 1. The Morgan fingerprint density at radius 1 is 1.21 bits per heavy atom. The van der Waals surface area contributed by atoms with E-state index >= 15 is 0 Å². The average Bonchev–Trinajstić information content (AvgIpc) is 3.53. The number of sulfone groups is 1. The lowest BCUT2D eigenvalue weighted by Crippen LogP contribution is -2.15. The van der Waals surface area contributed by atoms with E-state index in [4.69, 9.17) is 9.40 Å². The number of aromatic nitrogens is 3. The highest BCUT2D eigenvalue weighted by Gasteiger charge is 2.32. The number of pyridine rings is 1. The van der Waals surface area contributed by atoms with Gasteiger partial charge in [0.15, 0.2) is 21.2 Å². The van der Waals surface area contributed by atoms with E-state index in [0.29, 0.717) is 51.8 Å². The second kappa shape index (κ2) is 8.39. The minimum atomic E-state index is -3.12. The minimum absolute atomic E-state index is 0.0135. The van der Waals surface area contributed by atoms with E-state index in [2.05, 4.69) is 24.3 Å². The van der Waals surface area contributed by atoms with Crippen LogP contribution in [0.2, 0.25) is 0 Å². The van der Waals surface area contributed by atoms with Gasteiger partial charge in [-0.3, -0.25) is 4.79 Å². The van der Waals surface area contributed by atoms with Crippen molar-refractivity contribution in [3.8, 4) is 11.5 Å². The van der Waals surface area contributed by atoms with Crippen LogP contribution in [0.1, 0.15) is 53.8 Å². The molecule has 1 saturated heterocycles. The van der Waals surface area contributed by atoms with Gasteiger partial charge in [0.25, 0.3) is 5.91 Å². The summed E-state index contributed by atoms with van der Waals surface area (Å²) in [5, 5.41) is 8.21. The molecule has 5 rings (SSSR count). The number of benzene rings is 1. The average molecular weight is 479 g/mol. The van der Waals surface area contributed by atoms with Crippen molar-refractivity contribution in [2.24, 2.45) is 0 Å². The molecule has 176 valence electrons. The third-order valence-corrected chi connectivity index (χ3v) is 7.99. The molecule has 1 aliphatic heterocycles. The lowest BCUT2D eigenvalue weighted by Gasteiger charge is -2.12. The zero-order chi connectivity index (χ0) is 24.0. The van der Waals surface area contributed by atoms with Crippen molar-refractivity contribution in [1.82, 2.24) is 14.8 Å². The fourth-order valence-corrected chi connectivity index (χ4v) is 6.11. The summed E-state index contributed by atoms with van der Waals surface area (Å²) >= 11 is 0. The fourth-order valence-electron chi connectivity index (χ4n) is 4.42. The number of carbonyl (C=O) groups excluding carboxylic acids is 1. The van der Waals surface area contributed by atoms with Crippen LogP contribution in [-0.2, 0) is 9.84 Å². The molecular weight excluding hydrogens is 452 g/mol. The van der Waals surface area contributed by atoms with Crippen LogP contribution in [0.4, 0.5) is 5.69 Å². The summed E-state index contributed by atoms with van der Waals surface area (Å²) < 4.78 is 31.4. The van der Waals surface area contributed by atoms with Gasteiger partial charge in [0.05, 0.1) is 40.5 Å². The maximum atomic E-state index is 13.5. The van der Waals surface area contributed by atoms with Gasteiger partial charge < -0.3 is 9.73 Å². The van der Waals surface area contributed by atoms with Crippen LogP contribution in [0.25, 0.3) is 22.5 Å². The number of anilines is 1. The third kappa shape index (κ3) is 4.11. The second-order valence-corrected chi connectivity index (χ2v) is 11.3. The molecule has 4 heterocycles. The monoisotopic (exact) mass is 478 g/mol. The Morgan fingerprint density at radius 2 is 1.97 bits per heavy atom. The summed E-state index contributed by atoms with van der Waals surface area (Å²) in [6, 6.07) is 12.7. The molecular formula is C25H26N4O4S. The summed E-state index contributed by atoms with van der Waals surface area (Å²) in [6.07, 6.45) is 2.01. The maximum Gasteiger partial charge on any atom is 0.256 e. The Balaban J connectivity index is 1.61. The molecule has 0 saturated carbocycles. The molecule has 1 fully saturated rings. The van der Waals surface area contributed by atoms with E-state index in [9.17, 15) is 13.2 Å². The largest absolute Gasteiger partial charge is 0.463 e. The smallest absolute Gasteiger partial charge is 0.256 e. The predicted molar refractivity (Wildman–Crippen MR) is 131 cm³/mol. The van der Waals surface area contributed by atoms with Gasteiger partial charge in [-0.05, 0) is 55.2 Å². The number of furan rings is 1. The van der Waals surface area contributed by atoms with Gasteiger partial charge in [0, 0.05) is 5.69 Å². The summed E-state index contributed by atoms with van der Waals surface area (Å²) in [5.41, 5.74) is 3.87. The molecule has 1 amide bonds. The molecule has 34 heavy (non-hydrogen) atoms. The van der Waals surface area contributed by atoms with Gasteiger partial charge in [0.2, 0.25) is 0 Å². The van der Waals surface area contributed by atoms with Gasteiger partial charge in [-0.2, -0.15) is 5.10 Å². The predicted octanol–water partition coefficient (Wildman–Crippen LogP) is 4.74. The Kier molecular flexibility index (Phi) is 5.51. The van der Waals surface area contributed by atoms with Crippen molar-refractivity contribution in [3.63, 3.8) is 0 Å². The molecule has 1 N–H and O–H groups in total. The quantitative estimate of drug-likeness (QED) is 0.444. The van der Waals surface area contributed by atoms with Crippen LogP contribution in [0.3, 0.4) is 0 Å². The van der Waals surface area contributed by atoms with E-state index in [1.165, 1.54) is 5.56 Å². The normalized spacial score (nSPS) is 17.5. The first-order valence-corrected chi connectivity index (χ1v) is 13.1. The number of hydrogen-bond donors (Lipinski definition) is 1. The molecule has 0 spiro atoms. The summed E-state index contributed by atoms with van der Waals surface area (Å²) in [4.78, 5) is 18.2. The molecule has 0 unspecified atom stereocenters. The number of hydrogen-bond acceptors (Lipinski definition) is 6. The van der Waals surface area contributed by atoms with Crippen molar-refractivity contribution in [1.29, 1.82) is 0 Å². The Labute approximate surface area is 197 Å². The number of nitrogens with one attached hydrogen (secondary N) is 1. The van der Waals surface area contributed by atoms with Gasteiger partial charge in [-0.15, -0.1) is 0 Å². The summed E-state index contributed by atoms with van der Waals surface area (Å²) in [7, 11) is -3.12. The number of aryl methyl sites for hydroxylation is 1. The molecule has 1 aromatic carbocycles. The molecule has 8 nitrogen and oxygen atoms in total. The molecule has 4 aromatic rings. The summed E-state index contributed by atoms with van der Waals surface area (Å²) in [6.45, 7) is 6.05. The lowest BCUT2D eigenvalue weighted by atomic mass is 10.0. The van der Waals surface area contributed by atoms with Gasteiger partial charge in [-0.1, -0.05) is 26.0 Å². The van der Waals surface area contributed by atoms with Crippen molar-refractivity contribution in [2.45, 2.75) is 39.2 Å². The fraction of sp³-hybridized carbons (Fsp3) is 0.320. The van der Waals surface area contributed by atoms with Crippen LogP contribution in [-0.4, -0.2) is 40.6 Å². The van der Waals surface area contributed by atoms with Crippen LogP contribution in [0.5, 0.6) is 0 Å². The number of nitrogens with zero attached hydrogens (tertiary/aromatic N) is 3. The SMILES string of the molecule is Cc1nn([C@H]2CCS(=O)(=O)C2)c2nc(-c3ccco3)cc(C(=O)Nc3ccc(C(C)C)cc3)c12. The van der Waals surface area contributed by atoms with E-state index in [0.717, 1.165) is 0 Å². The first-order valence-electron chi connectivity index (χ1n) is 11.3. The van der Waals surface area contributed by atoms with E-state index in [1.54, 1.807) is 29.1 Å². The maximum absolute atomic E-state index is 13.5. The van der Waals surface area contributed by atoms with Crippen LogP contribution >= 0.6 is 0 Å². The van der Waals surface area contributed by atoms with E-state index in [-0.39, 0.29) is 23.5 Å². The van der Waals surface area contributed by atoms with Gasteiger partial charge in [-0.25, -0.2) is 18.1 Å². The number of carbonyl (C=O) groups is 1. The first-order chi connectivity index (χ1) is 16.2. The van der Waals surface area contributed by atoms with Crippen molar-refractivity contribution >= 4 is 32.5 Å². The Hall–Kier alpha value is -3.46. The van der Waals surface area contributed by atoms with Crippen LogP contribution < -0.4 is 5.32 Å². The Bertz CT molecular complexity index is 1470. The van der Waals surface area contributed by atoms with E-state index < -0.39 is 9.84 Å². The number of rotatable bonds is 5. The third-order valence-electron chi connectivity index (χ3n) is 6.24. The van der Waals surface area contributed by atoms with Crippen LogP contribution in [0.15, 0.2) is 53.1 Å². The lowest BCUT2D eigenvalue weighted by molar-refractivity contribution is 0.102. The molecule has 0 radical (unpaired) electrons. The van der Waals surface area contributed by atoms with E-state index in [1.807, 2.05) is 31.2 Å².